The summed E-state index contributed by atoms with van der Waals surface area (Å²) in [6.45, 7) is 7.22. The fraction of sp³-hybridized carbons (Fsp3) is 0.545. The summed E-state index contributed by atoms with van der Waals surface area (Å²) >= 11 is 0. The molecule has 1 aromatic carbocycles. The van der Waals surface area contributed by atoms with Crippen LogP contribution in [0.4, 0.5) is 5.69 Å². The van der Waals surface area contributed by atoms with E-state index in [0.717, 1.165) is 72.9 Å². The van der Waals surface area contributed by atoms with Gasteiger partial charge in [0.25, 0.3) is 0 Å². The standard InChI is InChI=1S/C22H29N3O4/c1-14-21(15(2)29-24-14)19-12-17(23-22(26)16-4-5-16)6-7-20(19)28-11-10-25-9-8-18(13-25)27-3/h6-7,12,16,18H,4-5,8-11,13H2,1-3H3,(H,23,26)/t18-/m0/s1. The molecule has 2 heterocycles. The van der Waals surface area contributed by atoms with E-state index in [-0.39, 0.29) is 11.8 Å². The molecule has 1 aromatic heterocycles. The molecule has 1 saturated carbocycles. The highest BCUT2D eigenvalue weighted by atomic mass is 16.5. The zero-order chi connectivity index (χ0) is 20.4. The zero-order valence-electron chi connectivity index (χ0n) is 17.4. The number of hydrogen-bond donors (Lipinski definition) is 1. The maximum absolute atomic E-state index is 12.2. The number of methoxy groups -OCH3 is 1. The maximum Gasteiger partial charge on any atom is 0.227 e. The molecule has 0 unspecified atom stereocenters. The molecule has 1 aliphatic carbocycles. The lowest BCUT2D eigenvalue weighted by Gasteiger charge is -2.18. The average Bonchev–Trinajstić information content (AvgIpc) is 3.38. The van der Waals surface area contributed by atoms with Gasteiger partial charge in [-0.05, 0) is 51.3 Å². The van der Waals surface area contributed by atoms with E-state index in [1.807, 2.05) is 32.0 Å². The van der Waals surface area contributed by atoms with Crippen molar-refractivity contribution < 1.29 is 18.8 Å². The normalized spacial score (nSPS) is 19.5. The molecule has 1 atom stereocenters. The third kappa shape index (κ3) is 4.62. The number of aryl methyl sites for hydroxylation is 2. The number of hydrogen-bond acceptors (Lipinski definition) is 6. The summed E-state index contributed by atoms with van der Waals surface area (Å²) in [6, 6.07) is 5.78. The van der Waals surface area contributed by atoms with E-state index in [2.05, 4.69) is 15.4 Å². The first-order chi connectivity index (χ1) is 14.0. The Labute approximate surface area is 171 Å². The molecule has 7 heteroatoms. The molecule has 29 heavy (non-hydrogen) atoms. The predicted molar refractivity (Wildman–Crippen MR) is 110 cm³/mol. The van der Waals surface area contributed by atoms with Crippen molar-refractivity contribution in [3.05, 3.63) is 29.7 Å². The Morgan fingerprint density at radius 2 is 2.14 bits per heavy atom. The largest absolute Gasteiger partial charge is 0.492 e. The van der Waals surface area contributed by atoms with Gasteiger partial charge in [0.05, 0.1) is 17.4 Å². The van der Waals surface area contributed by atoms with Gasteiger partial charge in [0.2, 0.25) is 5.91 Å². The van der Waals surface area contributed by atoms with E-state index in [0.29, 0.717) is 12.7 Å². The minimum absolute atomic E-state index is 0.0881. The van der Waals surface area contributed by atoms with Gasteiger partial charge in [-0.3, -0.25) is 9.69 Å². The van der Waals surface area contributed by atoms with Crippen LogP contribution in [0.2, 0.25) is 0 Å². The molecule has 1 N–H and O–H groups in total. The fourth-order valence-corrected chi connectivity index (χ4v) is 3.86. The van der Waals surface area contributed by atoms with Crippen molar-refractivity contribution in [2.75, 3.05) is 38.7 Å². The molecule has 1 amide bonds. The molecule has 2 aliphatic rings. The molecular weight excluding hydrogens is 370 g/mol. The highest BCUT2D eigenvalue weighted by molar-refractivity contribution is 5.95. The molecular formula is C22H29N3O4. The number of carbonyl (C=O) groups is 1. The smallest absolute Gasteiger partial charge is 0.227 e. The molecule has 2 fully saturated rings. The SMILES string of the molecule is CO[C@H]1CCN(CCOc2ccc(NC(=O)C3CC3)cc2-c2c(C)noc2C)C1. The van der Waals surface area contributed by atoms with Crippen LogP contribution in [-0.4, -0.2) is 55.4 Å². The van der Waals surface area contributed by atoms with Crippen LogP contribution in [0.3, 0.4) is 0 Å². The van der Waals surface area contributed by atoms with Crippen LogP contribution in [0, 0.1) is 19.8 Å². The number of rotatable bonds is 8. The molecule has 1 aliphatic heterocycles. The fourth-order valence-electron chi connectivity index (χ4n) is 3.86. The van der Waals surface area contributed by atoms with Gasteiger partial charge in [-0.2, -0.15) is 0 Å². The second-order valence-corrected chi connectivity index (χ2v) is 7.97. The van der Waals surface area contributed by atoms with Crippen LogP contribution < -0.4 is 10.1 Å². The number of amides is 1. The first-order valence-corrected chi connectivity index (χ1v) is 10.3. The van der Waals surface area contributed by atoms with Crippen molar-refractivity contribution >= 4 is 11.6 Å². The van der Waals surface area contributed by atoms with Gasteiger partial charge in [-0.25, -0.2) is 0 Å². The van der Waals surface area contributed by atoms with Crippen LogP contribution in [0.1, 0.15) is 30.7 Å². The summed E-state index contributed by atoms with van der Waals surface area (Å²) in [5.74, 6) is 1.75. The van der Waals surface area contributed by atoms with Gasteiger partial charge in [-0.15, -0.1) is 0 Å². The lowest BCUT2D eigenvalue weighted by Crippen LogP contribution is -2.27. The molecule has 1 saturated heterocycles. The van der Waals surface area contributed by atoms with Crippen molar-refractivity contribution in [2.45, 2.75) is 39.2 Å². The first-order valence-electron chi connectivity index (χ1n) is 10.3. The Morgan fingerprint density at radius 1 is 1.31 bits per heavy atom. The summed E-state index contributed by atoms with van der Waals surface area (Å²) in [5.41, 5.74) is 3.39. The number of ether oxygens (including phenoxy) is 2. The Balaban J connectivity index is 1.50. The van der Waals surface area contributed by atoms with Gasteiger partial charge < -0.3 is 19.3 Å². The van der Waals surface area contributed by atoms with Crippen molar-refractivity contribution in [3.63, 3.8) is 0 Å². The van der Waals surface area contributed by atoms with Crippen LogP contribution >= 0.6 is 0 Å². The van der Waals surface area contributed by atoms with Crippen LogP contribution in [0.25, 0.3) is 11.1 Å². The Morgan fingerprint density at radius 3 is 2.79 bits per heavy atom. The van der Waals surface area contributed by atoms with E-state index in [1.165, 1.54) is 0 Å². The summed E-state index contributed by atoms with van der Waals surface area (Å²) in [4.78, 5) is 14.5. The Bertz CT molecular complexity index is 855. The van der Waals surface area contributed by atoms with Gasteiger partial charge in [0.15, 0.2) is 0 Å². The summed E-state index contributed by atoms with van der Waals surface area (Å²) in [6.07, 6.45) is 3.34. The summed E-state index contributed by atoms with van der Waals surface area (Å²) in [5, 5.41) is 7.10. The van der Waals surface area contributed by atoms with E-state index in [9.17, 15) is 4.79 Å². The quantitative estimate of drug-likeness (QED) is 0.733. The highest BCUT2D eigenvalue weighted by Gasteiger charge is 2.30. The lowest BCUT2D eigenvalue weighted by atomic mass is 10.0. The van der Waals surface area contributed by atoms with E-state index >= 15 is 0 Å². The van der Waals surface area contributed by atoms with Gasteiger partial charge in [-0.1, -0.05) is 5.16 Å². The number of anilines is 1. The average molecular weight is 399 g/mol. The van der Waals surface area contributed by atoms with Gasteiger partial charge in [0, 0.05) is 43.9 Å². The molecule has 2 aromatic rings. The predicted octanol–water partition coefficient (Wildman–Crippen LogP) is 3.41. The van der Waals surface area contributed by atoms with Crippen molar-refractivity contribution in [1.29, 1.82) is 0 Å². The third-order valence-corrected chi connectivity index (χ3v) is 5.73. The zero-order valence-corrected chi connectivity index (χ0v) is 17.4. The van der Waals surface area contributed by atoms with Crippen molar-refractivity contribution in [1.82, 2.24) is 10.1 Å². The number of nitrogens with zero attached hydrogens (tertiary/aromatic N) is 2. The third-order valence-electron chi connectivity index (χ3n) is 5.73. The number of likely N-dealkylation sites (tertiary alicyclic amines) is 1. The molecule has 7 nitrogen and oxygen atoms in total. The van der Waals surface area contributed by atoms with Gasteiger partial charge >= 0.3 is 0 Å². The molecule has 0 spiro atoms. The molecule has 156 valence electrons. The first kappa shape index (κ1) is 19.9. The Hall–Kier alpha value is -2.38. The monoisotopic (exact) mass is 399 g/mol. The number of benzene rings is 1. The number of aromatic nitrogens is 1. The highest BCUT2D eigenvalue weighted by Crippen LogP contribution is 2.37. The molecule has 0 bridgehead atoms. The van der Waals surface area contributed by atoms with Crippen molar-refractivity contribution in [2.24, 2.45) is 5.92 Å². The second-order valence-electron chi connectivity index (χ2n) is 7.97. The maximum atomic E-state index is 12.2. The van der Waals surface area contributed by atoms with Gasteiger partial charge in [0.1, 0.15) is 18.1 Å². The summed E-state index contributed by atoms with van der Waals surface area (Å²) in [7, 11) is 1.77. The van der Waals surface area contributed by atoms with Crippen LogP contribution in [0.5, 0.6) is 5.75 Å². The topological polar surface area (TPSA) is 76.8 Å². The minimum Gasteiger partial charge on any atom is -0.492 e. The number of nitrogens with one attached hydrogen (secondary N) is 1. The lowest BCUT2D eigenvalue weighted by molar-refractivity contribution is -0.117. The van der Waals surface area contributed by atoms with Crippen LogP contribution in [-0.2, 0) is 9.53 Å². The van der Waals surface area contributed by atoms with E-state index < -0.39 is 0 Å². The minimum atomic E-state index is 0.0881. The summed E-state index contributed by atoms with van der Waals surface area (Å²) < 4.78 is 17.0. The second kappa shape index (κ2) is 8.55. The van der Waals surface area contributed by atoms with Crippen LogP contribution in [0.15, 0.2) is 22.7 Å². The molecule has 0 radical (unpaired) electrons. The molecule has 4 rings (SSSR count). The van der Waals surface area contributed by atoms with E-state index in [4.69, 9.17) is 14.0 Å². The Kier molecular flexibility index (Phi) is 5.87. The van der Waals surface area contributed by atoms with Crippen molar-refractivity contribution in [3.8, 4) is 16.9 Å². The number of carbonyl (C=O) groups excluding carboxylic acids is 1. The van der Waals surface area contributed by atoms with E-state index in [1.54, 1.807) is 7.11 Å².